The monoisotopic (exact) mass is 396 g/mol. The molecule has 3 rings (SSSR count). The van der Waals surface area contributed by atoms with Gasteiger partial charge in [0, 0.05) is 6.54 Å². The minimum absolute atomic E-state index is 0.0902. The summed E-state index contributed by atoms with van der Waals surface area (Å²) in [5.41, 5.74) is 0.976. The number of nitrogens with zero attached hydrogens (tertiary/aromatic N) is 3. The first-order valence-corrected chi connectivity index (χ1v) is 11.0. The van der Waals surface area contributed by atoms with E-state index in [4.69, 9.17) is 10.1 Å². The highest BCUT2D eigenvalue weighted by Gasteiger charge is 2.43. The number of benzene rings is 1. The Bertz CT molecular complexity index is 760. The van der Waals surface area contributed by atoms with Crippen molar-refractivity contribution in [1.29, 1.82) is 0 Å². The van der Waals surface area contributed by atoms with Crippen LogP contribution in [-0.4, -0.2) is 63.3 Å². The maximum Gasteiger partial charge on any atom is 0.353 e. The van der Waals surface area contributed by atoms with Crippen molar-refractivity contribution in [3.63, 3.8) is 0 Å². The van der Waals surface area contributed by atoms with Crippen LogP contribution in [0.2, 0.25) is 0 Å². The molecule has 1 atom stereocenters. The van der Waals surface area contributed by atoms with Crippen molar-refractivity contribution >= 4 is 16.1 Å². The fraction of sp³-hybridized carbons (Fsp3) is 0.611. The van der Waals surface area contributed by atoms with E-state index in [2.05, 4.69) is 15.2 Å². The molecule has 0 amide bonds. The van der Waals surface area contributed by atoms with E-state index in [9.17, 15) is 8.42 Å². The topological polar surface area (TPSA) is 97.0 Å². The van der Waals surface area contributed by atoms with Crippen LogP contribution in [0.15, 0.2) is 34.2 Å². The predicted molar refractivity (Wildman–Crippen MR) is 104 cm³/mol. The van der Waals surface area contributed by atoms with Gasteiger partial charge in [0.15, 0.2) is 6.54 Å². The predicted octanol–water partition coefficient (Wildman–Crippen LogP) is 1.14. The average molecular weight is 397 g/mol. The fourth-order valence-corrected chi connectivity index (χ4v) is 4.45. The van der Waals surface area contributed by atoms with E-state index in [-0.39, 0.29) is 11.4 Å². The molecule has 0 aromatic heterocycles. The molecular formula is C18H30N5O3S+. The number of hydroxylamine groups is 2. The lowest BCUT2D eigenvalue weighted by Crippen LogP contribution is -2.62. The maximum atomic E-state index is 12.6. The lowest BCUT2D eigenvalue weighted by atomic mass is 10.1. The number of aliphatic imine (C=N–C) groups is 1. The van der Waals surface area contributed by atoms with Gasteiger partial charge in [-0.1, -0.05) is 24.1 Å². The van der Waals surface area contributed by atoms with E-state index in [1.165, 1.54) is 31.4 Å². The van der Waals surface area contributed by atoms with Crippen LogP contribution in [-0.2, 0) is 14.4 Å². The third-order valence-electron chi connectivity index (χ3n) is 4.98. The van der Waals surface area contributed by atoms with Gasteiger partial charge in [0.25, 0.3) is 0 Å². The smallest absolute Gasteiger partial charge is 0.320 e. The number of likely N-dealkylation sites (tertiary alicyclic amines) is 1. The normalized spacial score (nSPS) is 24.0. The minimum atomic E-state index is -3.98. The summed E-state index contributed by atoms with van der Waals surface area (Å²) in [6.45, 7) is 6.63. The van der Waals surface area contributed by atoms with Gasteiger partial charge in [0.05, 0.1) is 4.90 Å². The standard InChI is InChI=1S/C18H30N5O3S/c1-16-6-8-17(9-7-16)27(24,25)26-23(19)15-11-21-18(23)20-10-5-14-22-12-3-2-4-13-22/h6-9H,2-5,10-15,19H2,1H3,(H,20,21)/q+1. The van der Waals surface area contributed by atoms with Crippen LogP contribution in [0.3, 0.4) is 0 Å². The van der Waals surface area contributed by atoms with Crippen LogP contribution >= 0.6 is 0 Å². The molecule has 1 fully saturated rings. The summed E-state index contributed by atoms with van der Waals surface area (Å²) in [5, 5.41) is 3.18. The van der Waals surface area contributed by atoms with Crippen LogP contribution in [0.5, 0.6) is 0 Å². The molecule has 27 heavy (non-hydrogen) atoms. The molecule has 1 saturated heterocycles. The lowest BCUT2D eigenvalue weighted by Gasteiger charge is -2.27. The van der Waals surface area contributed by atoms with Crippen LogP contribution in [0.4, 0.5) is 0 Å². The number of hydrogen-bond acceptors (Lipinski definition) is 7. The first kappa shape index (κ1) is 20.2. The van der Waals surface area contributed by atoms with Gasteiger partial charge in [-0.05, 0) is 67.0 Å². The van der Waals surface area contributed by atoms with Gasteiger partial charge in [-0.2, -0.15) is 8.42 Å². The van der Waals surface area contributed by atoms with E-state index < -0.39 is 14.9 Å². The Morgan fingerprint density at radius 2 is 1.93 bits per heavy atom. The van der Waals surface area contributed by atoms with Crippen molar-refractivity contribution in [1.82, 2.24) is 10.2 Å². The highest BCUT2D eigenvalue weighted by molar-refractivity contribution is 7.86. The van der Waals surface area contributed by atoms with E-state index >= 15 is 0 Å². The molecule has 2 aliphatic heterocycles. The van der Waals surface area contributed by atoms with E-state index in [1.807, 2.05) is 6.92 Å². The Hall–Kier alpha value is -1.52. The van der Waals surface area contributed by atoms with Crippen molar-refractivity contribution in [3.8, 4) is 0 Å². The molecule has 2 aliphatic rings. The van der Waals surface area contributed by atoms with Gasteiger partial charge in [-0.25, -0.2) is 4.99 Å². The Morgan fingerprint density at radius 3 is 2.63 bits per heavy atom. The van der Waals surface area contributed by atoms with Crippen LogP contribution in [0.1, 0.15) is 31.2 Å². The summed E-state index contributed by atoms with van der Waals surface area (Å²) in [6, 6.07) is 6.51. The number of piperidine rings is 1. The fourth-order valence-electron chi connectivity index (χ4n) is 3.40. The van der Waals surface area contributed by atoms with Crippen molar-refractivity contribution in [3.05, 3.63) is 29.8 Å². The van der Waals surface area contributed by atoms with Crippen LogP contribution < -0.4 is 11.2 Å². The summed E-state index contributed by atoms with van der Waals surface area (Å²) in [7, 11) is -3.98. The number of hydrogen-bond donors (Lipinski definition) is 2. The Morgan fingerprint density at radius 1 is 1.22 bits per heavy atom. The SMILES string of the molecule is Cc1ccc(S(=O)(=O)O[N+]2(N)CCN=C2NCCCN2CCCCC2)cc1. The molecule has 150 valence electrons. The van der Waals surface area contributed by atoms with E-state index in [0.29, 0.717) is 19.0 Å². The number of rotatable bonds is 7. The van der Waals surface area contributed by atoms with Gasteiger partial charge in [-0.15, -0.1) is 5.84 Å². The van der Waals surface area contributed by atoms with Gasteiger partial charge < -0.3 is 10.2 Å². The number of nitrogens with one attached hydrogen (secondary N) is 1. The molecule has 0 spiro atoms. The molecule has 1 aromatic rings. The van der Waals surface area contributed by atoms with Crippen molar-refractivity contribution in [2.24, 2.45) is 10.8 Å². The van der Waals surface area contributed by atoms with Gasteiger partial charge in [-0.3, -0.25) is 0 Å². The zero-order valence-corrected chi connectivity index (χ0v) is 16.7. The summed E-state index contributed by atoms with van der Waals surface area (Å²) in [5.74, 6) is 6.58. The van der Waals surface area contributed by atoms with E-state index in [0.717, 1.165) is 31.6 Å². The highest BCUT2D eigenvalue weighted by atomic mass is 32.2. The molecule has 2 heterocycles. The summed E-state index contributed by atoms with van der Waals surface area (Å²) in [6.07, 6.45) is 4.82. The second-order valence-electron chi connectivity index (χ2n) is 7.25. The molecule has 0 saturated carbocycles. The number of nitrogens with two attached hydrogens (primary N) is 1. The van der Waals surface area contributed by atoms with Crippen LogP contribution in [0, 0.1) is 6.92 Å². The van der Waals surface area contributed by atoms with E-state index in [1.54, 1.807) is 12.1 Å². The second-order valence-corrected chi connectivity index (χ2v) is 8.78. The molecule has 0 bridgehead atoms. The molecule has 0 radical (unpaired) electrons. The Balaban J connectivity index is 1.54. The largest absolute Gasteiger partial charge is 0.353 e. The van der Waals surface area contributed by atoms with Crippen molar-refractivity contribution in [2.75, 3.05) is 39.3 Å². The van der Waals surface area contributed by atoms with Crippen molar-refractivity contribution < 1.29 is 17.5 Å². The minimum Gasteiger partial charge on any atom is -0.320 e. The first-order chi connectivity index (χ1) is 12.9. The number of guanidine groups is 1. The summed E-state index contributed by atoms with van der Waals surface area (Å²) >= 11 is 0. The molecule has 8 nitrogen and oxygen atoms in total. The summed E-state index contributed by atoms with van der Waals surface area (Å²) < 4.78 is 29.8. The molecule has 0 aliphatic carbocycles. The third-order valence-corrected chi connectivity index (χ3v) is 6.29. The number of quaternary nitrogens is 1. The summed E-state index contributed by atoms with van der Waals surface area (Å²) in [4.78, 5) is 6.87. The molecular weight excluding hydrogens is 366 g/mol. The highest BCUT2D eigenvalue weighted by Crippen LogP contribution is 2.19. The quantitative estimate of drug-likeness (QED) is 0.408. The molecule has 3 N–H and O–H groups in total. The van der Waals surface area contributed by atoms with Gasteiger partial charge >= 0.3 is 16.1 Å². The molecule has 9 heteroatoms. The Labute approximate surface area is 161 Å². The van der Waals surface area contributed by atoms with Crippen molar-refractivity contribution in [2.45, 2.75) is 37.5 Å². The second kappa shape index (κ2) is 8.66. The first-order valence-electron chi connectivity index (χ1n) is 9.60. The lowest BCUT2D eigenvalue weighted by molar-refractivity contribution is -1.01. The van der Waals surface area contributed by atoms with Gasteiger partial charge in [0.2, 0.25) is 0 Å². The van der Waals surface area contributed by atoms with Crippen LogP contribution in [0.25, 0.3) is 0 Å². The molecule has 1 aromatic carbocycles. The molecule has 1 unspecified atom stereocenters. The third kappa shape index (κ3) is 5.26. The average Bonchev–Trinajstić information content (AvgIpc) is 2.99. The zero-order valence-electron chi connectivity index (χ0n) is 15.9. The number of aryl methyl sites for hydroxylation is 1. The Kier molecular flexibility index (Phi) is 6.48. The maximum absolute atomic E-state index is 12.6. The zero-order chi connectivity index (χ0) is 19.3. The van der Waals surface area contributed by atoms with Gasteiger partial charge in [0.1, 0.15) is 6.54 Å².